The first kappa shape index (κ1) is 25.2. The summed E-state index contributed by atoms with van der Waals surface area (Å²) in [5.41, 5.74) is -0.380. The molecule has 34 heavy (non-hydrogen) atoms. The van der Waals surface area contributed by atoms with Gasteiger partial charge < -0.3 is 10.4 Å². The molecule has 2 heterocycles. The Morgan fingerprint density at radius 1 is 1.24 bits per heavy atom. The van der Waals surface area contributed by atoms with Crippen molar-refractivity contribution in [1.29, 1.82) is 0 Å². The maximum absolute atomic E-state index is 13.1. The zero-order valence-corrected chi connectivity index (χ0v) is 20.0. The molecule has 0 bridgehead atoms. The minimum atomic E-state index is -4.46. The predicted octanol–water partition coefficient (Wildman–Crippen LogP) is 4.23. The molecule has 1 saturated heterocycles. The highest BCUT2D eigenvalue weighted by Gasteiger charge is 2.36. The highest BCUT2D eigenvalue weighted by molar-refractivity contribution is 7.98. The zero-order chi connectivity index (χ0) is 24.3. The van der Waals surface area contributed by atoms with E-state index in [-0.39, 0.29) is 29.6 Å². The molecule has 2 N–H and O–H groups in total. The largest absolute Gasteiger partial charge is 0.416 e. The third kappa shape index (κ3) is 6.01. The van der Waals surface area contributed by atoms with E-state index in [9.17, 15) is 23.1 Å². The standard InChI is InChI=1S/C24H31F3N4O2S/c1-34-13-22(33)16-2-5-18(6-3-16)31-11-15(12-31)8-19(32)10-28-23-20-9-17(24(25,26)27)4-7-21(20)29-14-30-23/h4,7,9,14-16,18,22,33H,2-3,5-6,8,10-13H2,1H3,(H,28,29,30). The number of rotatable bonds is 9. The lowest BCUT2D eigenvalue weighted by atomic mass is 9.80. The Balaban J connectivity index is 1.23. The number of benzene rings is 1. The highest BCUT2D eigenvalue weighted by Crippen LogP contribution is 2.35. The number of anilines is 1. The first-order valence-electron chi connectivity index (χ1n) is 11.7. The van der Waals surface area contributed by atoms with Gasteiger partial charge in [-0.25, -0.2) is 9.97 Å². The number of aliphatic hydroxyl groups is 1. The molecule has 2 fully saturated rings. The van der Waals surface area contributed by atoms with Crippen LogP contribution < -0.4 is 5.32 Å². The van der Waals surface area contributed by atoms with Crippen molar-refractivity contribution in [2.45, 2.75) is 50.4 Å². The van der Waals surface area contributed by atoms with Crippen molar-refractivity contribution in [3.05, 3.63) is 30.1 Å². The van der Waals surface area contributed by atoms with E-state index in [1.165, 1.54) is 12.4 Å². The number of alkyl halides is 3. The van der Waals surface area contributed by atoms with Crippen molar-refractivity contribution in [2.75, 3.05) is 37.0 Å². The molecule has 1 aromatic carbocycles. The van der Waals surface area contributed by atoms with E-state index in [1.807, 2.05) is 6.26 Å². The lowest BCUT2D eigenvalue weighted by molar-refractivity contribution is -0.137. The van der Waals surface area contributed by atoms with Crippen molar-refractivity contribution in [3.8, 4) is 0 Å². The fourth-order valence-electron chi connectivity index (χ4n) is 5.15. The smallest absolute Gasteiger partial charge is 0.392 e. The van der Waals surface area contributed by atoms with Gasteiger partial charge in [-0.05, 0) is 62.0 Å². The molecule has 1 saturated carbocycles. The second-order valence-electron chi connectivity index (χ2n) is 9.46. The number of fused-ring (bicyclic) bond motifs is 1. The molecular weight excluding hydrogens is 465 g/mol. The van der Waals surface area contributed by atoms with Crippen molar-refractivity contribution in [1.82, 2.24) is 14.9 Å². The average Bonchev–Trinajstić information content (AvgIpc) is 2.79. The van der Waals surface area contributed by atoms with Crippen LogP contribution in [0.25, 0.3) is 10.9 Å². The van der Waals surface area contributed by atoms with Crippen LogP contribution in [0.15, 0.2) is 24.5 Å². The number of halogens is 3. The number of carbonyl (C=O) groups excluding carboxylic acids is 1. The van der Waals surface area contributed by atoms with E-state index >= 15 is 0 Å². The second-order valence-corrected chi connectivity index (χ2v) is 10.4. The Hall–Kier alpha value is -1.91. The van der Waals surface area contributed by atoms with E-state index in [2.05, 4.69) is 20.2 Å². The van der Waals surface area contributed by atoms with Gasteiger partial charge in [-0.1, -0.05) is 0 Å². The number of likely N-dealkylation sites (tertiary alicyclic amines) is 1. The van der Waals surface area contributed by atoms with Gasteiger partial charge in [0.1, 0.15) is 12.1 Å². The van der Waals surface area contributed by atoms with E-state index in [1.54, 1.807) is 11.8 Å². The molecule has 0 amide bonds. The molecule has 4 rings (SSSR count). The van der Waals surface area contributed by atoms with Crippen molar-refractivity contribution >= 4 is 34.3 Å². The number of hydrogen-bond donors (Lipinski definition) is 2. The van der Waals surface area contributed by atoms with Crippen LogP contribution in [0.5, 0.6) is 0 Å². The topological polar surface area (TPSA) is 78.4 Å². The van der Waals surface area contributed by atoms with Crippen LogP contribution in [-0.4, -0.2) is 69.5 Å². The van der Waals surface area contributed by atoms with Gasteiger partial charge in [-0.15, -0.1) is 0 Å². The van der Waals surface area contributed by atoms with Crippen molar-refractivity contribution in [3.63, 3.8) is 0 Å². The molecule has 0 radical (unpaired) electrons. The van der Waals surface area contributed by atoms with Crippen LogP contribution in [0.1, 0.15) is 37.7 Å². The fourth-order valence-corrected chi connectivity index (χ4v) is 5.76. The predicted molar refractivity (Wildman–Crippen MR) is 128 cm³/mol. The van der Waals surface area contributed by atoms with Crippen molar-refractivity contribution < 1.29 is 23.1 Å². The maximum Gasteiger partial charge on any atom is 0.416 e. The fraction of sp³-hybridized carbons (Fsp3) is 0.625. The first-order chi connectivity index (χ1) is 16.2. The van der Waals surface area contributed by atoms with Gasteiger partial charge in [-0.3, -0.25) is 9.69 Å². The number of ketones is 1. The maximum atomic E-state index is 13.1. The van der Waals surface area contributed by atoms with Crippen LogP contribution >= 0.6 is 11.8 Å². The summed E-state index contributed by atoms with van der Waals surface area (Å²) in [6.45, 7) is 1.83. The number of aromatic nitrogens is 2. The molecule has 1 aliphatic carbocycles. The van der Waals surface area contributed by atoms with Gasteiger partial charge in [0.2, 0.25) is 0 Å². The summed E-state index contributed by atoms with van der Waals surface area (Å²) in [6, 6.07) is 3.86. The van der Waals surface area contributed by atoms with Gasteiger partial charge in [0.15, 0.2) is 5.78 Å². The van der Waals surface area contributed by atoms with Crippen LogP contribution in [0.4, 0.5) is 19.0 Å². The van der Waals surface area contributed by atoms with Gasteiger partial charge in [0.25, 0.3) is 0 Å². The van der Waals surface area contributed by atoms with Gasteiger partial charge in [-0.2, -0.15) is 24.9 Å². The van der Waals surface area contributed by atoms with E-state index in [4.69, 9.17) is 0 Å². The Bertz CT molecular complexity index is 992. The van der Waals surface area contributed by atoms with E-state index < -0.39 is 11.7 Å². The third-order valence-corrected chi connectivity index (χ3v) is 7.73. The number of Topliss-reactive ketones (excluding diaryl/α,β-unsaturated/α-hetero) is 1. The minimum absolute atomic E-state index is 0.0206. The lowest BCUT2D eigenvalue weighted by Crippen LogP contribution is -2.54. The van der Waals surface area contributed by atoms with Gasteiger partial charge in [0, 0.05) is 36.7 Å². The summed E-state index contributed by atoms with van der Waals surface area (Å²) < 4.78 is 39.2. The number of hydrogen-bond acceptors (Lipinski definition) is 7. The molecule has 10 heteroatoms. The Morgan fingerprint density at radius 3 is 2.65 bits per heavy atom. The number of nitrogens with zero attached hydrogens (tertiary/aromatic N) is 3. The Kier molecular flexibility index (Phi) is 7.99. The van der Waals surface area contributed by atoms with Gasteiger partial charge >= 0.3 is 6.18 Å². The average molecular weight is 497 g/mol. The molecule has 1 aliphatic heterocycles. The molecule has 2 aromatic rings. The van der Waals surface area contributed by atoms with Crippen molar-refractivity contribution in [2.24, 2.45) is 11.8 Å². The summed E-state index contributed by atoms with van der Waals surface area (Å²) in [6.07, 6.45) is 3.38. The summed E-state index contributed by atoms with van der Waals surface area (Å²) in [5, 5.41) is 13.4. The third-order valence-electron chi connectivity index (χ3n) is 7.06. The molecule has 0 spiro atoms. The van der Waals surface area contributed by atoms with Crippen LogP contribution in [0, 0.1) is 11.8 Å². The Labute approximate surface area is 201 Å². The molecule has 186 valence electrons. The number of nitrogens with one attached hydrogen (secondary N) is 1. The number of aliphatic hydroxyl groups excluding tert-OH is 1. The van der Waals surface area contributed by atoms with Crippen LogP contribution in [0.3, 0.4) is 0 Å². The summed E-state index contributed by atoms with van der Waals surface area (Å²) >= 11 is 1.69. The first-order valence-corrected chi connectivity index (χ1v) is 13.1. The zero-order valence-electron chi connectivity index (χ0n) is 19.2. The molecule has 1 atom stereocenters. The molecule has 2 aliphatic rings. The quantitative estimate of drug-likeness (QED) is 0.538. The number of carbonyl (C=O) groups is 1. The summed E-state index contributed by atoms with van der Waals surface area (Å²) in [4.78, 5) is 23.0. The lowest BCUT2D eigenvalue weighted by Gasteiger charge is -2.47. The van der Waals surface area contributed by atoms with E-state index in [0.29, 0.717) is 29.8 Å². The van der Waals surface area contributed by atoms with E-state index in [0.717, 1.165) is 56.7 Å². The highest BCUT2D eigenvalue weighted by atomic mass is 32.2. The molecule has 1 aromatic heterocycles. The van der Waals surface area contributed by atoms with Crippen LogP contribution in [0.2, 0.25) is 0 Å². The van der Waals surface area contributed by atoms with Gasteiger partial charge in [0.05, 0.1) is 23.7 Å². The monoisotopic (exact) mass is 496 g/mol. The summed E-state index contributed by atoms with van der Waals surface area (Å²) in [5.74, 6) is 1.77. The molecular formula is C24H31F3N4O2S. The molecule has 6 nitrogen and oxygen atoms in total. The minimum Gasteiger partial charge on any atom is -0.392 e. The SMILES string of the molecule is CSCC(O)C1CCC(N2CC(CC(=O)CNc3ncnc4ccc(C(F)(F)F)cc34)C2)CC1. The second kappa shape index (κ2) is 10.8. The normalized spacial score (nSPS) is 23.0. The summed E-state index contributed by atoms with van der Waals surface area (Å²) in [7, 11) is 0. The van der Waals surface area contributed by atoms with Crippen LogP contribution in [-0.2, 0) is 11.0 Å². The number of thioether (sulfide) groups is 1. The molecule has 1 unspecified atom stereocenters. The Morgan fingerprint density at radius 2 is 1.97 bits per heavy atom.